The van der Waals surface area contributed by atoms with Crippen molar-refractivity contribution >= 4 is 9.84 Å². The van der Waals surface area contributed by atoms with Gasteiger partial charge in [-0.25, -0.2) is 8.42 Å². The summed E-state index contributed by atoms with van der Waals surface area (Å²) in [5, 5.41) is 11.0. The predicted octanol–water partition coefficient (Wildman–Crippen LogP) is -0.518. The number of hydrogen-bond acceptors (Lipinski definition) is 5. The van der Waals surface area contributed by atoms with E-state index in [2.05, 4.69) is 15.5 Å². The third-order valence-corrected chi connectivity index (χ3v) is 4.88. The minimum atomic E-state index is -2.86. The van der Waals surface area contributed by atoms with E-state index in [9.17, 15) is 8.42 Å². The molecule has 16 heavy (non-hydrogen) atoms. The maximum Gasteiger partial charge on any atom is 0.152 e. The monoisotopic (exact) mass is 244 g/mol. The molecule has 1 aromatic heterocycles. The summed E-state index contributed by atoms with van der Waals surface area (Å²) >= 11 is 0. The molecule has 1 aromatic rings. The summed E-state index contributed by atoms with van der Waals surface area (Å²) in [6, 6.07) is 0. The molecule has 1 aliphatic rings. The predicted molar refractivity (Wildman–Crippen MR) is 59.5 cm³/mol. The van der Waals surface area contributed by atoms with Gasteiger partial charge in [0, 0.05) is 12.6 Å². The highest BCUT2D eigenvalue weighted by molar-refractivity contribution is 7.91. The SMILES string of the molecule is Cn1cnnc1CNC1(C)CCS(=O)(=O)C1. The number of nitrogens with one attached hydrogen (secondary N) is 1. The van der Waals surface area contributed by atoms with Crippen molar-refractivity contribution in [3.05, 3.63) is 12.2 Å². The first kappa shape index (κ1) is 11.5. The summed E-state index contributed by atoms with van der Waals surface area (Å²) in [4.78, 5) is 0. The van der Waals surface area contributed by atoms with Crippen molar-refractivity contribution in [2.45, 2.75) is 25.4 Å². The van der Waals surface area contributed by atoms with Gasteiger partial charge in [0.1, 0.15) is 12.2 Å². The second-order valence-corrected chi connectivity index (χ2v) is 6.80. The number of rotatable bonds is 3. The molecule has 0 aromatic carbocycles. The molecular formula is C9H16N4O2S. The molecule has 0 radical (unpaired) electrons. The van der Waals surface area contributed by atoms with Crippen LogP contribution >= 0.6 is 0 Å². The van der Waals surface area contributed by atoms with Gasteiger partial charge < -0.3 is 9.88 Å². The summed E-state index contributed by atoms with van der Waals surface area (Å²) < 4.78 is 24.6. The first-order valence-electron chi connectivity index (χ1n) is 5.19. The zero-order chi connectivity index (χ0) is 11.8. The summed E-state index contributed by atoms with van der Waals surface area (Å²) in [7, 11) is -0.995. The van der Waals surface area contributed by atoms with Crippen LogP contribution in [0.2, 0.25) is 0 Å². The number of nitrogens with zero attached hydrogens (tertiary/aromatic N) is 3. The van der Waals surface area contributed by atoms with Gasteiger partial charge in [-0.05, 0) is 13.3 Å². The van der Waals surface area contributed by atoms with E-state index in [0.29, 0.717) is 13.0 Å². The molecule has 1 fully saturated rings. The smallest absolute Gasteiger partial charge is 0.152 e. The van der Waals surface area contributed by atoms with Gasteiger partial charge in [0.25, 0.3) is 0 Å². The summed E-state index contributed by atoms with van der Waals surface area (Å²) in [5.41, 5.74) is -0.329. The molecule has 0 aliphatic carbocycles. The fourth-order valence-electron chi connectivity index (χ4n) is 1.91. The van der Waals surface area contributed by atoms with E-state index in [1.165, 1.54) is 0 Å². The average Bonchev–Trinajstić information content (AvgIpc) is 2.69. The first-order valence-corrected chi connectivity index (χ1v) is 7.01. The molecule has 2 heterocycles. The van der Waals surface area contributed by atoms with Crippen LogP contribution in [0.1, 0.15) is 19.2 Å². The molecule has 0 bridgehead atoms. The third-order valence-electron chi connectivity index (χ3n) is 2.98. The lowest BCUT2D eigenvalue weighted by Crippen LogP contribution is -2.43. The standard InChI is InChI=1S/C9H16N4O2S/c1-9(3-4-16(14,15)6-9)10-5-8-12-11-7-13(8)2/h7,10H,3-6H2,1-2H3. The molecule has 0 saturated carbocycles. The molecular weight excluding hydrogens is 228 g/mol. The largest absolute Gasteiger partial charge is 0.320 e. The topological polar surface area (TPSA) is 76.9 Å². The zero-order valence-corrected chi connectivity index (χ0v) is 10.3. The molecule has 1 unspecified atom stereocenters. The normalized spacial score (nSPS) is 28.4. The Morgan fingerprint density at radius 3 is 2.88 bits per heavy atom. The fraction of sp³-hybridized carbons (Fsp3) is 0.778. The fourth-order valence-corrected chi connectivity index (χ4v) is 4.03. The molecule has 7 heteroatoms. The van der Waals surface area contributed by atoms with E-state index in [1.54, 1.807) is 6.33 Å². The van der Waals surface area contributed by atoms with Crippen molar-refractivity contribution in [3.8, 4) is 0 Å². The second-order valence-electron chi connectivity index (χ2n) is 4.61. The van der Waals surface area contributed by atoms with Gasteiger partial charge in [0.05, 0.1) is 18.1 Å². The molecule has 0 amide bonds. The lowest BCUT2D eigenvalue weighted by molar-refractivity contribution is 0.387. The first-order chi connectivity index (χ1) is 7.40. The highest BCUT2D eigenvalue weighted by Crippen LogP contribution is 2.22. The molecule has 6 nitrogen and oxygen atoms in total. The van der Waals surface area contributed by atoms with E-state index in [1.807, 2.05) is 18.5 Å². The van der Waals surface area contributed by atoms with Gasteiger partial charge in [-0.2, -0.15) is 0 Å². The molecule has 2 rings (SSSR count). The maximum absolute atomic E-state index is 11.4. The summed E-state index contributed by atoms with van der Waals surface area (Å²) in [6.07, 6.45) is 2.29. The van der Waals surface area contributed by atoms with Gasteiger partial charge >= 0.3 is 0 Å². The van der Waals surface area contributed by atoms with E-state index >= 15 is 0 Å². The number of aryl methyl sites for hydroxylation is 1. The lowest BCUT2D eigenvalue weighted by Gasteiger charge is -2.23. The van der Waals surface area contributed by atoms with Crippen LogP contribution in [-0.2, 0) is 23.4 Å². The van der Waals surface area contributed by atoms with Gasteiger partial charge in [-0.3, -0.25) is 0 Å². The van der Waals surface area contributed by atoms with Crippen LogP contribution in [0.3, 0.4) is 0 Å². The van der Waals surface area contributed by atoms with Crippen LogP contribution in [-0.4, -0.2) is 40.2 Å². The van der Waals surface area contributed by atoms with E-state index < -0.39 is 9.84 Å². The van der Waals surface area contributed by atoms with Gasteiger partial charge in [-0.15, -0.1) is 10.2 Å². The van der Waals surface area contributed by atoms with Crippen molar-refractivity contribution in [2.24, 2.45) is 7.05 Å². The third kappa shape index (κ3) is 2.41. The van der Waals surface area contributed by atoms with Gasteiger partial charge in [0.15, 0.2) is 9.84 Å². The Kier molecular flexibility index (Phi) is 2.75. The van der Waals surface area contributed by atoms with Crippen LogP contribution in [0.5, 0.6) is 0 Å². The Balaban J connectivity index is 1.99. The zero-order valence-electron chi connectivity index (χ0n) is 9.47. The van der Waals surface area contributed by atoms with Crippen molar-refractivity contribution in [2.75, 3.05) is 11.5 Å². The van der Waals surface area contributed by atoms with Crippen LogP contribution in [0.4, 0.5) is 0 Å². The van der Waals surface area contributed by atoms with Crippen LogP contribution < -0.4 is 5.32 Å². The van der Waals surface area contributed by atoms with Crippen molar-refractivity contribution < 1.29 is 8.42 Å². The highest BCUT2D eigenvalue weighted by atomic mass is 32.2. The Bertz CT molecular complexity index is 481. The summed E-state index contributed by atoms with van der Waals surface area (Å²) in [6.45, 7) is 2.48. The van der Waals surface area contributed by atoms with E-state index in [4.69, 9.17) is 0 Å². The van der Waals surface area contributed by atoms with Gasteiger partial charge in [-0.1, -0.05) is 0 Å². The molecule has 0 spiro atoms. The second kappa shape index (κ2) is 3.81. The van der Waals surface area contributed by atoms with E-state index in [0.717, 1.165) is 5.82 Å². The highest BCUT2D eigenvalue weighted by Gasteiger charge is 2.37. The Hall–Kier alpha value is -0.950. The molecule has 1 saturated heterocycles. The van der Waals surface area contributed by atoms with Crippen molar-refractivity contribution in [1.29, 1.82) is 0 Å². The van der Waals surface area contributed by atoms with Crippen LogP contribution in [0.25, 0.3) is 0 Å². The lowest BCUT2D eigenvalue weighted by atomic mass is 10.0. The minimum Gasteiger partial charge on any atom is -0.320 e. The number of hydrogen-bond donors (Lipinski definition) is 1. The number of aromatic nitrogens is 3. The van der Waals surface area contributed by atoms with Crippen LogP contribution in [0.15, 0.2) is 6.33 Å². The minimum absolute atomic E-state index is 0.206. The summed E-state index contributed by atoms with van der Waals surface area (Å²) in [5.74, 6) is 1.29. The molecule has 1 aliphatic heterocycles. The van der Waals surface area contributed by atoms with Crippen molar-refractivity contribution in [1.82, 2.24) is 20.1 Å². The van der Waals surface area contributed by atoms with E-state index in [-0.39, 0.29) is 17.0 Å². The molecule has 90 valence electrons. The van der Waals surface area contributed by atoms with Crippen LogP contribution in [0, 0.1) is 0 Å². The Morgan fingerprint density at radius 1 is 1.62 bits per heavy atom. The molecule has 1 atom stereocenters. The number of sulfone groups is 1. The molecule has 1 N–H and O–H groups in total. The quantitative estimate of drug-likeness (QED) is 0.774. The maximum atomic E-state index is 11.4. The Labute approximate surface area is 95.0 Å². The van der Waals surface area contributed by atoms with Crippen molar-refractivity contribution in [3.63, 3.8) is 0 Å². The van der Waals surface area contributed by atoms with Gasteiger partial charge in [0.2, 0.25) is 0 Å². The average molecular weight is 244 g/mol. The Morgan fingerprint density at radius 2 is 2.38 bits per heavy atom.